The molecule has 0 saturated heterocycles. The number of methoxy groups -OCH3 is 1. The predicted octanol–water partition coefficient (Wildman–Crippen LogP) is 3.65. The highest BCUT2D eigenvalue weighted by Crippen LogP contribution is 2.30. The van der Waals surface area contributed by atoms with Gasteiger partial charge in [0.1, 0.15) is 5.75 Å². The monoisotopic (exact) mass is 383 g/mol. The zero-order chi connectivity index (χ0) is 19.8. The van der Waals surface area contributed by atoms with E-state index in [0.717, 1.165) is 49.1 Å². The topological polar surface area (TPSA) is 64.1 Å². The highest BCUT2D eigenvalue weighted by molar-refractivity contribution is 5.93. The lowest BCUT2D eigenvalue weighted by Crippen LogP contribution is -2.30. The molecule has 28 heavy (non-hydrogen) atoms. The van der Waals surface area contributed by atoms with Crippen molar-refractivity contribution in [1.29, 1.82) is 0 Å². The molecule has 0 bridgehead atoms. The maximum absolute atomic E-state index is 5.65. The first kappa shape index (κ1) is 19.9. The summed E-state index contributed by atoms with van der Waals surface area (Å²) >= 11 is 0. The molecule has 0 aromatic heterocycles. The lowest BCUT2D eigenvalue weighted by molar-refractivity contribution is 0.311. The molecule has 0 radical (unpaired) electrons. The third kappa shape index (κ3) is 5.09. The third-order valence-electron chi connectivity index (χ3n) is 4.49. The number of nitrogens with one attached hydrogen (secondary N) is 2. The lowest BCUT2D eigenvalue weighted by Gasteiger charge is -2.14. The van der Waals surface area contributed by atoms with Gasteiger partial charge in [-0.1, -0.05) is 12.1 Å². The van der Waals surface area contributed by atoms with Gasteiger partial charge in [0.25, 0.3) is 0 Å². The van der Waals surface area contributed by atoms with Gasteiger partial charge in [-0.25, -0.2) is 0 Å². The van der Waals surface area contributed by atoms with Crippen molar-refractivity contribution in [3.05, 3.63) is 47.5 Å². The van der Waals surface area contributed by atoms with E-state index in [1.165, 1.54) is 11.1 Å². The number of fused-ring (bicyclic) bond motifs is 1. The Kier molecular flexibility index (Phi) is 7.00. The molecule has 0 unspecified atom stereocenters. The summed E-state index contributed by atoms with van der Waals surface area (Å²) in [5.41, 5.74) is 3.48. The average Bonchev–Trinajstić information content (AvgIpc) is 3.16. The number of rotatable bonds is 8. The molecule has 0 saturated carbocycles. The van der Waals surface area contributed by atoms with Crippen molar-refractivity contribution in [2.75, 3.05) is 38.7 Å². The van der Waals surface area contributed by atoms with Crippen molar-refractivity contribution in [3.8, 4) is 17.2 Å². The summed E-state index contributed by atoms with van der Waals surface area (Å²) in [6.07, 6.45) is 1.88. The van der Waals surface area contributed by atoms with Gasteiger partial charge in [0.15, 0.2) is 17.5 Å². The second kappa shape index (κ2) is 9.88. The molecule has 2 aromatic carbocycles. The van der Waals surface area contributed by atoms with Crippen molar-refractivity contribution in [3.63, 3.8) is 0 Å². The number of benzene rings is 2. The first-order valence-corrected chi connectivity index (χ1v) is 9.84. The summed E-state index contributed by atoms with van der Waals surface area (Å²) in [4.78, 5) is 4.71. The predicted molar refractivity (Wildman–Crippen MR) is 113 cm³/mol. The van der Waals surface area contributed by atoms with E-state index in [4.69, 9.17) is 19.2 Å². The smallest absolute Gasteiger partial charge is 0.195 e. The van der Waals surface area contributed by atoms with Crippen LogP contribution >= 0.6 is 0 Å². The number of ether oxygens (including phenoxy) is 3. The largest absolute Gasteiger partial charge is 0.493 e. The second-order valence-corrected chi connectivity index (χ2v) is 6.47. The van der Waals surface area contributed by atoms with E-state index >= 15 is 0 Å². The van der Waals surface area contributed by atoms with E-state index in [-0.39, 0.29) is 0 Å². The summed E-state index contributed by atoms with van der Waals surface area (Å²) in [5, 5.41) is 6.63. The molecule has 0 atom stereocenters. The molecule has 6 nitrogen and oxygen atoms in total. The van der Waals surface area contributed by atoms with E-state index < -0.39 is 0 Å². The summed E-state index contributed by atoms with van der Waals surface area (Å²) in [6, 6.07) is 12.2. The van der Waals surface area contributed by atoms with Crippen LogP contribution in [-0.4, -0.2) is 39.4 Å². The van der Waals surface area contributed by atoms with Gasteiger partial charge in [-0.3, -0.25) is 4.99 Å². The molecule has 1 aliphatic heterocycles. The fourth-order valence-electron chi connectivity index (χ4n) is 3.16. The van der Waals surface area contributed by atoms with Crippen LogP contribution in [0, 0.1) is 0 Å². The van der Waals surface area contributed by atoms with Crippen LogP contribution in [0.4, 0.5) is 5.69 Å². The van der Waals surface area contributed by atoms with Crippen LogP contribution in [0.3, 0.4) is 0 Å². The fraction of sp³-hybridized carbons (Fsp3) is 0.409. The maximum Gasteiger partial charge on any atom is 0.195 e. The van der Waals surface area contributed by atoms with E-state index in [0.29, 0.717) is 18.9 Å². The number of nitrogens with zero attached hydrogens (tertiary/aromatic N) is 1. The molecule has 0 fully saturated rings. The van der Waals surface area contributed by atoms with E-state index in [2.05, 4.69) is 35.8 Å². The molecular weight excluding hydrogens is 354 g/mol. The van der Waals surface area contributed by atoms with Crippen LogP contribution in [-0.2, 0) is 12.8 Å². The molecule has 6 heteroatoms. The Balaban J connectivity index is 1.64. The van der Waals surface area contributed by atoms with Gasteiger partial charge in [0, 0.05) is 31.3 Å². The minimum Gasteiger partial charge on any atom is -0.493 e. The Morgan fingerprint density at radius 1 is 1.14 bits per heavy atom. The molecule has 1 heterocycles. The van der Waals surface area contributed by atoms with Crippen molar-refractivity contribution in [2.24, 2.45) is 4.99 Å². The molecule has 3 rings (SSSR count). The van der Waals surface area contributed by atoms with Crippen LogP contribution in [0.5, 0.6) is 17.2 Å². The Morgan fingerprint density at radius 3 is 2.82 bits per heavy atom. The first-order valence-electron chi connectivity index (χ1n) is 9.84. The molecular formula is C22H29N3O3. The van der Waals surface area contributed by atoms with Gasteiger partial charge in [-0.15, -0.1) is 0 Å². The van der Waals surface area contributed by atoms with Crippen LogP contribution in [0.25, 0.3) is 0 Å². The minimum atomic E-state index is 0.583. The van der Waals surface area contributed by atoms with Crippen molar-refractivity contribution in [1.82, 2.24) is 5.32 Å². The minimum absolute atomic E-state index is 0.583. The van der Waals surface area contributed by atoms with Gasteiger partial charge in [0.2, 0.25) is 0 Å². The zero-order valence-corrected chi connectivity index (χ0v) is 16.9. The highest BCUT2D eigenvalue weighted by Gasteiger charge is 2.12. The number of anilines is 1. The summed E-state index contributed by atoms with van der Waals surface area (Å²) < 4.78 is 16.6. The van der Waals surface area contributed by atoms with E-state index in [1.54, 1.807) is 7.11 Å². The summed E-state index contributed by atoms with van der Waals surface area (Å²) in [6.45, 7) is 6.87. The maximum atomic E-state index is 5.65. The van der Waals surface area contributed by atoms with Crippen LogP contribution in [0.2, 0.25) is 0 Å². The number of hydrogen-bond acceptors (Lipinski definition) is 4. The third-order valence-corrected chi connectivity index (χ3v) is 4.49. The molecule has 2 N–H and O–H groups in total. The normalized spacial score (nSPS) is 12.9. The van der Waals surface area contributed by atoms with Gasteiger partial charge in [-0.05, 0) is 49.6 Å². The van der Waals surface area contributed by atoms with Gasteiger partial charge < -0.3 is 24.8 Å². The van der Waals surface area contributed by atoms with Gasteiger partial charge in [-0.2, -0.15) is 0 Å². The van der Waals surface area contributed by atoms with Crippen LogP contribution in [0.15, 0.2) is 41.4 Å². The number of hydrogen-bond donors (Lipinski definition) is 2. The highest BCUT2D eigenvalue weighted by atomic mass is 16.5. The Labute approximate surface area is 166 Å². The molecule has 150 valence electrons. The SMILES string of the molecule is CCNC(=NCCc1ccc2c(c1)CCO2)Nc1ccc(OC)c(OCC)c1. The van der Waals surface area contributed by atoms with Crippen molar-refractivity contribution in [2.45, 2.75) is 26.7 Å². The zero-order valence-electron chi connectivity index (χ0n) is 16.9. The van der Waals surface area contributed by atoms with Crippen molar-refractivity contribution >= 4 is 11.6 Å². The van der Waals surface area contributed by atoms with Gasteiger partial charge >= 0.3 is 0 Å². The Morgan fingerprint density at radius 2 is 2.04 bits per heavy atom. The standard InChI is InChI=1S/C22H29N3O3/c1-4-23-22(25-18-7-9-20(26-3)21(15-18)27-5-2)24-12-10-16-6-8-19-17(14-16)11-13-28-19/h6-9,14-15H,4-5,10-13H2,1-3H3,(H2,23,24,25). The van der Waals surface area contributed by atoms with Crippen molar-refractivity contribution < 1.29 is 14.2 Å². The molecule has 0 spiro atoms. The van der Waals surface area contributed by atoms with Gasteiger partial charge in [0.05, 0.1) is 20.3 Å². The first-order chi connectivity index (χ1) is 13.7. The number of aliphatic imine (C=N–C) groups is 1. The van der Waals surface area contributed by atoms with E-state index in [1.807, 2.05) is 25.1 Å². The molecule has 1 aliphatic rings. The van der Waals surface area contributed by atoms with Crippen LogP contribution < -0.4 is 24.8 Å². The lowest BCUT2D eigenvalue weighted by atomic mass is 10.1. The molecule has 0 amide bonds. The van der Waals surface area contributed by atoms with Crippen LogP contribution in [0.1, 0.15) is 25.0 Å². The Bertz CT molecular complexity index is 821. The molecule has 0 aliphatic carbocycles. The summed E-state index contributed by atoms with van der Waals surface area (Å²) in [7, 11) is 1.64. The molecule has 2 aromatic rings. The number of guanidine groups is 1. The quantitative estimate of drug-likeness (QED) is 0.538. The van der Waals surface area contributed by atoms with E-state index in [9.17, 15) is 0 Å². The second-order valence-electron chi connectivity index (χ2n) is 6.47. The summed E-state index contributed by atoms with van der Waals surface area (Å²) in [5.74, 6) is 3.20. The Hall–Kier alpha value is -2.89. The average molecular weight is 383 g/mol. The fourth-order valence-corrected chi connectivity index (χ4v) is 3.16.